The molecule has 0 aromatic rings. The molecule has 0 N–H and O–H groups in total. The number of carbonyl (C=O) groups excluding carboxylic acids is 1. The lowest BCUT2D eigenvalue weighted by Gasteiger charge is -1.98. The number of hydrogen-bond donors (Lipinski definition) is 0. The van der Waals surface area contributed by atoms with Crippen molar-refractivity contribution in [3.63, 3.8) is 0 Å². The minimum Gasteiger partial charge on any atom is -0.468 e. The van der Waals surface area contributed by atoms with Crippen molar-refractivity contribution in [2.75, 3.05) is 13.2 Å². The van der Waals surface area contributed by atoms with Crippen LogP contribution in [0.3, 0.4) is 0 Å². The molecule has 0 unspecified atom stereocenters. The third-order valence-corrected chi connectivity index (χ3v) is 1.17. The van der Waals surface area contributed by atoms with Crippen LogP contribution in [0.25, 0.3) is 0 Å². The van der Waals surface area contributed by atoms with Crippen molar-refractivity contribution in [2.24, 2.45) is 0 Å². The van der Waals surface area contributed by atoms with E-state index in [0.29, 0.717) is 25.9 Å². The minimum atomic E-state index is -0.818. The summed E-state index contributed by atoms with van der Waals surface area (Å²) in [5.41, 5.74) is 0. The monoisotopic (exact) mass is 177 g/mol. The zero-order valence-corrected chi connectivity index (χ0v) is 6.60. The molecule has 0 saturated carbocycles. The molecule has 0 aliphatic carbocycles. The number of carbonyl (C=O) groups is 1. The number of nitrogens with zero attached hydrogens (tertiary/aromatic N) is 1. The minimum absolute atomic E-state index is 0.105. The van der Waals surface area contributed by atoms with Crippen molar-refractivity contribution >= 4 is 6.47 Å². The summed E-state index contributed by atoms with van der Waals surface area (Å²) in [6.45, 7) is 0.851. The van der Waals surface area contributed by atoms with E-state index in [0.717, 1.165) is 6.42 Å². The molecule has 0 aromatic carbocycles. The van der Waals surface area contributed by atoms with E-state index in [1.807, 2.05) is 0 Å². The fourth-order valence-corrected chi connectivity index (χ4v) is 0.651. The molecular formula is C6H11NO5. The summed E-state index contributed by atoms with van der Waals surface area (Å²) < 4.78 is 4.41. The molecule has 0 amide bonds. The number of rotatable bonds is 8. The first-order chi connectivity index (χ1) is 5.77. The lowest BCUT2D eigenvalue weighted by Crippen LogP contribution is -2.02. The van der Waals surface area contributed by atoms with Gasteiger partial charge in [0.05, 0.1) is 13.2 Å². The van der Waals surface area contributed by atoms with Gasteiger partial charge in [0.25, 0.3) is 11.6 Å². The predicted molar refractivity (Wildman–Crippen MR) is 38.8 cm³/mol. The molecule has 6 nitrogen and oxygen atoms in total. The van der Waals surface area contributed by atoms with Crippen molar-refractivity contribution in [1.82, 2.24) is 0 Å². The molecule has 6 heteroatoms. The Labute approximate surface area is 69.6 Å². The molecule has 0 aliphatic rings. The highest BCUT2D eigenvalue weighted by atomic mass is 16.9. The molecule has 70 valence electrons. The Morgan fingerprint density at radius 3 is 2.50 bits per heavy atom. The van der Waals surface area contributed by atoms with Gasteiger partial charge in [-0.15, -0.1) is 10.1 Å². The Bertz CT molecular complexity index is 138. The van der Waals surface area contributed by atoms with Gasteiger partial charge in [0.1, 0.15) is 0 Å². The molecule has 0 saturated heterocycles. The topological polar surface area (TPSA) is 78.7 Å². The second-order valence-electron chi connectivity index (χ2n) is 2.08. The van der Waals surface area contributed by atoms with Crippen LogP contribution in [0.1, 0.15) is 19.3 Å². The molecule has 0 bridgehead atoms. The standard InChI is InChI=1S/C6H11NO5/c8-6-11-4-2-1-3-5-12-7(9)10/h6H,1-5H2. The molecule has 0 fully saturated rings. The summed E-state index contributed by atoms with van der Waals surface area (Å²) in [6.07, 6.45) is 2.06. The number of ether oxygens (including phenoxy) is 1. The third kappa shape index (κ3) is 8.67. The first-order valence-corrected chi connectivity index (χ1v) is 3.60. The first kappa shape index (κ1) is 10.7. The van der Waals surface area contributed by atoms with Gasteiger partial charge in [0, 0.05) is 0 Å². The Hall–Kier alpha value is -1.33. The van der Waals surface area contributed by atoms with Crippen LogP contribution in [-0.2, 0) is 14.4 Å². The Morgan fingerprint density at radius 2 is 1.92 bits per heavy atom. The largest absolute Gasteiger partial charge is 0.468 e. The fraction of sp³-hybridized carbons (Fsp3) is 0.833. The van der Waals surface area contributed by atoms with Crippen molar-refractivity contribution in [3.05, 3.63) is 10.1 Å². The van der Waals surface area contributed by atoms with Gasteiger partial charge in [-0.2, -0.15) is 0 Å². The van der Waals surface area contributed by atoms with Gasteiger partial charge in [-0.3, -0.25) is 4.79 Å². The summed E-state index contributed by atoms with van der Waals surface area (Å²) in [6, 6.07) is 0. The second kappa shape index (κ2) is 7.77. The van der Waals surface area contributed by atoms with Gasteiger partial charge < -0.3 is 9.57 Å². The van der Waals surface area contributed by atoms with Crippen LogP contribution in [0.15, 0.2) is 0 Å². The van der Waals surface area contributed by atoms with E-state index in [-0.39, 0.29) is 6.61 Å². The van der Waals surface area contributed by atoms with E-state index < -0.39 is 5.09 Å². The second-order valence-corrected chi connectivity index (χ2v) is 2.08. The maximum absolute atomic E-state index is 9.65. The Kier molecular flexibility index (Phi) is 6.91. The zero-order valence-electron chi connectivity index (χ0n) is 6.60. The maximum Gasteiger partial charge on any atom is 0.294 e. The van der Waals surface area contributed by atoms with Crippen LogP contribution in [0.4, 0.5) is 0 Å². The zero-order chi connectivity index (χ0) is 9.23. The van der Waals surface area contributed by atoms with E-state index in [1.54, 1.807) is 0 Å². The Balaban J connectivity index is 2.90. The van der Waals surface area contributed by atoms with Gasteiger partial charge in [0.2, 0.25) is 0 Å². The average Bonchev–Trinajstić information content (AvgIpc) is 2.02. The molecular weight excluding hydrogens is 166 g/mol. The number of hydrogen-bond acceptors (Lipinski definition) is 5. The van der Waals surface area contributed by atoms with Crippen LogP contribution in [0.5, 0.6) is 0 Å². The highest BCUT2D eigenvalue weighted by Crippen LogP contribution is 1.95. The van der Waals surface area contributed by atoms with Crippen molar-refractivity contribution in [1.29, 1.82) is 0 Å². The third-order valence-electron chi connectivity index (χ3n) is 1.17. The van der Waals surface area contributed by atoms with Crippen LogP contribution >= 0.6 is 0 Å². The lowest BCUT2D eigenvalue weighted by atomic mass is 10.2. The van der Waals surface area contributed by atoms with Crippen LogP contribution < -0.4 is 0 Å². The van der Waals surface area contributed by atoms with E-state index in [2.05, 4.69) is 9.57 Å². The molecule has 0 rings (SSSR count). The smallest absolute Gasteiger partial charge is 0.294 e. The molecule has 0 aromatic heterocycles. The molecule has 0 aliphatic heterocycles. The molecule has 0 atom stereocenters. The van der Waals surface area contributed by atoms with Gasteiger partial charge in [0.15, 0.2) is 0 Å². The van der Waals surface area contributed by atoms with E-state index in [1.165, 1.54) is 0 Å². The quantitative estimate of drug-likeness (QED) is 0.234. The first-order valence-electron chi connectivity index (χ1n) is 3.60. The van der Waals surface area contributed by atoms with Gasteiger partial charge >= 0.3 is 0 Å². The highest BCUT2D eigenvalue weighted by molar-refractivity contribution is 5.36. The maximum atomic E-state index is 9.65. The average molecular weight is 177 g/mol. The van der Waals surface area contributed by atoms with Gasteiger partial charge in [-0.25, -0.2) is 0 Å². The van der Waals surface area contributed by atoms with E-state index in [4.69, 9.17) is 0 Å². The number of unbranched alkanes of at least 4 members (excludes halogenated alkanes) is 2. The summed E-state index contributed by atoms with van der Waals surface area (Å²) in [4.78, 5) is 23.4. The summed E-state index contributed by atoms with van der Waals surface area (Å²) >= 11 is 0. The van der Waals surface area contributed by atoms with Crippen molar-refractivity contribution < 1.29 is 19.5 Å². The SMILES string of the molecule is O=COCCCCCO[N+](=O)[O-]. The molecule has 0 heterocycles. The predicted octanol–water partition coefficient (Wildman–Crippen LogP) is 0.538. The van der Waals surface area contributed by atoms with Gasteiger partial charge in [-0.05, 0) is 19.3 Å². The molecule has 0 radical (unpaired) electrons. The van der Waals surface area contributed by atoms with Crippen molar-refractivity contribution in [3.8, 4) is 0 Å². The lowest BCUT2D eigenvalue weighted by molar-refractivity contribution is -0.757. The van der Waals surface area contributed by atoms with Crippen LogP contribution in [-0.4, -0.2) is 24.8 Å². The van der Waals surface area contributed by atoms with E-state index >= 15 is 0 Å². The normalized spacial score (nSPS) is 9.00. The summed E-state index contributed by atoms with van der Waals surface area (Å²) in [7, 11) is 0. The van der Waals surface area contributed by atoms with Crippen molar-refractivity contribution in [2.45, 2.75) is 19.3 Å². The van der Waals surface area contributed by atoms with Crippen LogP contribution in [0, 0.1) is 10.1 Å². The Morgan fingerprint density at radius 1 is 1.25 bits per heavy atom. The summed E-state index contributed by atoms with van der Waals surface area (Å²) in [5, 5.41) is 8.83. The summed E-state index contributed by atoms with van der Waals surface area (Å²) in [5.74, 6) is 0. The fourth-order valence-electron chi connectivity index (χ4n) is 0.651. The van der Waals surface area contributed by atoms with E-state index in [9.17, 15) is 14.9 Å². The van der Waals surface area contributed by atoms with Crippen LogP contribution in [0.2, 0.25) is 0 Å². The molecule has 12 heavy (non-hydrogen) atoms. The van der Waals surface area contributed by atoms with Gasteiger partial charge in [-0.1, -0.05) is 0 Å². The molecule has 0 spiro atoms. The highest BCUT2D eigenvalue weighted by Gasteiger charge is 1.94.